The van der Waals surface area contributed by atoms with Crippen LogP contribution in [0.3, 0.4) is 0 Å². The van der Waals surface area contributed by atoms with Gasteiger partial charge in [-0.1, -0.05) is 36.8 Å². The molecule has 1 aromatic rings. The number of nitrogens with zero attached hydrogens (tertiary/aromatic N) is 2. The number of halogens is 3. The van der Waals surface area contributed by atoms with Gasteiger partial charge in [-0.05, 0) is 31.2 Å². The molecule has 3 nitrogen and oxygen atoms in total. The summed E-state index contributed by atoms with van der Waals surface area (Å²) in [6, 6.07) is 10.4. The van der Waals surface area contributed by atoms with E-state index in [9.17, 15) is 18.0 Å². The van der Waals surface area contributed by atoms with E-state index in [-0.39, 0.29) is 18.1 Å². The molecule has 2 heterocycles. The normalized spacial score (nSPS) is 27.8. The second-order valence-electron chi connectivity index (χ2n) is 6.94. The van der Waals surface area contributed by atoms with Crippen molar-refractivity contribution in [3.8, 4) is 0 Å². The van der Waals surface area contributed by atoms with Gasteiger partial charge in [0.2, 0.25) is 0 Å². The molecule has 2 bridgehead atoms. The Morgan fingerprint density at radius 2 is 1.75 bits per heavy atom. The number of hydrogen-bond acceptors (Lipinski definition) is 2. The van der Waals surface area contributed by atoms with Crippen molar-refractivity contribution in [2.45, 2.75) is 63.0 Å². The summed E-state index contributed by atoms with van der Waals surface area (Å²) in [4.78, 5) is 14.9. The van der Waals surface area contributed by atoms with Crippen LogP contribution in [0.5, 0.6) is 0 Å². The van der Waals surface area contributed by atoms with Crippen molar-refractivity contribution in [3.63, 3.8) is 0 Å². The zero-order chi connectivity index (χ0) is 17.3. The molecule has 2 saturated heterocycles. The third kappa shape index (κ3) is 3.58. The third-order valence-corrected chi connectivity index (χ3v) is 5.42. The molecule has 3 atom stereocenters. The first-order chi connectivity index (χ1) is 11.4. The number of alkyl halides is 3. The molecule has 1 aromatic carbocycles. The van der Waals surface area contributed by atoms with Crippen molar-refractivity contribution in [3.05, 3.63) is 35.9 Å². The Kier molecular flexibility index (Phi) is 4.85. The molecule has 3 rings (SSSR count). The van der Waals surface area contributed by atoms with Crippen LogP contribution in [0.15, 0.2) is 30.3 Å². The van der Waals surface area contributed by atoms with Crippen molar-refractivity contribution in [1.29, 1.82) is 0 Å². The first-order valence-electron chi connectivity index (χ1n) is 8.50. The number of benzene rings is 1. The summed E-state index contributed by atoms with van der Waals surface area (Å²) in [5.74, 6) is -1.72. The summed E-state index contributed by atoms with van der Waals surface area (Å²) < 4.78 is 38.1. The van der Waals surface area contributed by atoms with Crippen LogP contribution in [-0.2, 0) is 11.3 Å². The molecule has 0 spiro atoms. The highest BCUT2D eigenvalue weighted by Crippen LogP contribution is 2.37. The summed E-state index contributed by atoms with van der Waals surface area (Å²) in [6.45, 7) is 0.833. The van der Waals surface area contributed by atoms with E-state index in [1.54, 1.807) is 0 Å². The molecule has 2 aliphatic heterocycles. The molecular formula is C18H23F3N2O. The van der Waals surface area contributed by atoms with Gasteiger partial charge in [-0.15, -0.1) is 0 Å². The van der Waals surface area contributed by atoms with Crippen molar-refractivity contribution >= 4 is 5.91 Å². The van der Waals surface area contributed by atoms with Gasteiger partial charge in [-0.2, -0.15) is 13.2 Å². The van der Waals surface area contributed by atoms with E-state index in [1.807, 2.05) is 18.2 Å². The van der Waals surface area contributed by atoms with Crippen LogP contribution >= 0.6 is 0 Å². The van der Waals surface area contributed by atoms with Gasteiger partial charge in [-0.25, -0.2) is 0 Å². The standard InChI is InChI=1S/C18H23F3N2O/c1-22(17(24)18(19,20)21)16-10-14-8-5-9-15(11-16)23(14)12-13-6-3-2-4-7-13/h2-4,6-7,14-16H,5,8-12H2,1H3/t14-,15+,16+. The fourth-order valence-corrected chi connectivity index (χ4v) is 4.18. The highest BCUT2D eigenvalue weighted by atomic mass is 19.4. The largest absolute Gasteiger partial charge is 0.471 e. The Hall–Kier alpha value is -1.56. The summed E-state index contributed by atoms with van der Waals surface area (Å²) >= 11 is 0. The van der Waals surface area contributed by atoms with Crippen molar-refractivity contribution in [1.82, 2.24) is 9.80 Å². The smallest absolute Gasteiger partial charge is 0.335 e. The van der Waals surface area contributed by atoms with Crippen LogP contribution < -0.4 is 0 Å². The molecule has 0 aliphatic carbocycles. The molecule has 132 valence electrons. The van der Waals surface area contributed by atoms with Gasteiger partial charge >= 0.3 is 12.1 Å². The monoisotopic (exact) mass is 340 g/mol. The average molecular weight is 340 g/mol. The number of amides is 1. The molecule has 6 heteroatoms. The SMILES string of the molecule is CN(C(=O)C(F)(F)F)[C@H]1C[C@H]2CCC[C@@H](C1)N2Cc1ccccc1. The lowest BCUT2D eigenvalue weighted by atomic mass is 9.81. The van der Waals surface area contributed by atoms with Crippen molar-refractivity contribution in [2.24, 2.45) is 0 Å². The van der Waals surface area contributed by atoms with Gasteiger partial charge in [0, 0.05) is 31.7 Å². The molecule has 0 aromatic heterocycles. The first kappa shape index (κ1) is 17.3. The van der Waals surface area contributed by atoms with E-state index in [1.165, 1.54) is 12.6 Å². The molecule has 1 amide bonds. The van der Waals surface area contributed by atoms with Gasteiger partial charge in [-0.3, -0.25) is 9.69 Å². The lowest BCUT2D eigenvalue weighted by molar-refractivity contribution is -0.188. The predicted molar refractivity (Wildman–Crippen MR) is 85.3 cm³/mol. The number of rotatable bonds is 3. The van der Waals surface area contributed by atoms with E-state index < -0.39 is 12.1 Å². The highest BCUT2D eigenvalue weighted by molar-refractivity contribution is 5.81. The van der Waals surface area contributed by atoms with E-state index in [2.05, 4.69) is 17.0 Å². The maximum atomic E-state index is 12.7. The van der Waals surface area contributed by atoms with Gasteiger partial charge in [0.25, 0.3) is 0 Å². The van der Waals surface area contributed by atoms with Gasteiger partial charge in [0.05, 0.1) is 0 Å². The lowest BCUT2D eigenvalue weighted by Gasteiger charge is -2.50. The minimum absolute atomic E-state index is 0.256. The Labute approximate surface area is 140 Å². The quantitative estimate of drug-likeness (QED) is 0.839. The molecular weight excluding hydrogens is 317 g/mol. The maximum Gasteiger partial charge on any atom is 0.471 e. The fourth-order valence-electron chi connectivity index (χ4n) is 4.18. The third-order valence-electron chi connectivity index (χ3n) is 5.42. The zero-order valence-electron chi connectivity index (χ0n) is 13.8. The number of carbonyl (C=O) groups excluding carboxylic acids is 1. The Morgan fingerprint density at radius 3 is 2.29 bits per heavy atom. The van der Waals surface area contributed by atoms with Gasteiger partial charge in [0.15, 0.2) is 0 Å². The zero-order valence-corrected chi connectivity index (χ0v) is 13.8. The summed E-state index contributed by atoms with van der Waals surface area (Å²) in [5, 5.41) is 0. The van der Waals surface area contributed by atoms with Gasteiger partial charge < -0.3 is 4.90 Å². The number of fused-ring (bicyclic) bond motifs is 2. The predicted octanol–water partition coefficient (Wildman–Crippen LogP) is 3.59. The number of hydrogen-bond donors (Lipinski definition) is 0. The summed E-state index contributed by atoms with van der Waals surface area (Å²) in [7, 11) is 1.29. The average Bonchev–Trinajstić information content (AvgIpc) is 2.53. The minimum atomic E-state index is -4.79. The molecule has 0 saturated carbocycles. The molecule has 0 unspecified atom stereocenters. The van der Waals surface area contributed by atoms with Crippen LogP contribution in [0.4, 0.5) is 13.2 Å². The second-order valence-corrected chi connectivity index (χ2v) is 6.94. The van der Waals surface area contributed by atoms with Crippen LogP contribution in [0, 0.1) is 0 Å². The van der Waals surface area contributed by atoms with E-state index >= 15 is 0 Å². The van der Waals surface area contributed by atoms with Crippen LogP contribution in [0.25, 0.3) is 0 Å². The lowest BCUT2D eigenvalue weighted by Crippen LogP contribution is -2.57. The number of carbonyl (C=O) groups is 1. The first-order valence-corrected chi connectivity index (χ1v) is 8.50. The topological polar surface area (TPSA) is 23.6 Å². The molecule has 0 radical (unpaired) electrons. The second kappa shape index (κ2) is 6.75. The molecule has 24 heavy (non-hydrogen) atoms. The van der Waals surface area contributed by atoms with Crippen LogP contribution in [0.1, 0.15) is 37.7 Å². The minimum Gasteiger partial charge on any atom is -0.335 e. The van der Waals surface area contributed by atoms with E-state index in [4.69, 9.17) is 0 Å². The molecule has 2 fully saturated rings. The van der Waals surface area contributed by atoms with E-state index in [0.29, 0.717) is 12.8 Å². The Balaban J connectivity index is 1.70. The van der Waals surface area contributed by atoms with E-state index in [0.717, 1.165) is 30.7 Å². The molecule has 2 aliphatic rings. The van der Waals surface area contributed by atoms with Crippen LogP contribution in [-0.4, -0.2) is 47.1 Å². The van der Waals surface area contributed by atoms with Crippen molar-refractivity contribution in [2.75, 3.05) is 7.05 Å². The number of piperidine rings is 2. The summed E-state index contributed by atoms with van der Waals surface area (Å²) in [5.41, 5.74) is 1.23. The van der Waals surface area contributed by atoms with Crippen molar-refractivity contribution < 1.29 is 18.0 Å². The molecule has 0 N–H and O–H groups in total. The highest BCUT2D eigenvalue weighted by Gasteiger charge is 2.46. The Bertz CT molecular complexity index is 561. The maximum absolute atomic E-state index is 12.7. The van der Waals surface area contributed by atoms with Gasteiger partial charge in [0.1, 0.15) is 0 Å². The summed E-state index contributed by atoms with van der Waals surface area (Å²) in [6.07, 6.45) is -0.430. The van der Waals surface area contributed by atoms with Crippen LogP contribution in [0.2, 0.25) is 0 Å². The Morgan fingerprint density at radius 1 is 1.17 bits per heavy atom. The fraction of sp³-hybridized carbons (Fsp3) is 0.611.